The van der Waals surface area contributed by atoms with Gasteiger partial charge >= 0.3 is 0 Å². The summed E-state index contributed by atoms with van der Waals surface area (Å²) in [5.74, 6) is 0. The summed E-state index contributed by atoms with van der Waals surface area (Å²) < 4.78 is 1.11. The number of hydrogen-bond donors (Lipinski definition) is 1. The average molecular weight is 342 g/mol. The van der Waals surface area contributed by atoms with Crippen molar-refractivity contribution in [2.45, 2.75) is 32.4 Å². The quantitative estimate of drug-likeness (QED) is 0.788. The van der Waals surface area contributed by atoms with Gasteiger partial charge in [0.15, 0.2) is 0 Å². The van der Waals surface area contributed by atoms with Crippen molar-refractivity contribution in [1.29, 1.82) is 0 Å². The zero-order valence-electron chi connectivity index (χ0n) is 13.1. The lowest BCUT2D eigenvalue weighted by atomic mass is 10.0. The van der Waals surface area contributed by atoms with Crippen molar-refractivity contribution in [3.05, 3.63) is 34.3 Å². The van der Waals surface area contributed by atoms with E-state index in [2.05, 4.69) is 65.8 Å². The molecule has 0 amide bonds. The van der Waals surface area contributed by atoms with Gasteiger partial charge in [-0.3, -0.25) is 4.90 Å². The Morgan fingerprint density at radius 1 is 1.25 bits per heavy atom. The Labute approximate surface area is 132 Å². The molecule has 0 aliphatic heterocycles. The van der Waals surface area contributed by atoms with Gasteiger partial charge in [-0.1, -0.05) is 41.1 Å². The molecule has 0 spiro atoms. The summed E-state index contributed by atoms with van der Waals surface area (Å²) >= 11 is 3.58. The molecule has 0 saturated heterocycles. The molecule has 1 aromatic carbocycles. The van der Waals surface area contributed by atoms with Gasteiger partial charge in [0.25, 0.3) is 0 Å². The number of benzene rings is 1. The molecule has 1 aromatic rings. The monoisotopic (exact) mass is 341 g/mol. The van der Waals surface area contributed by atoms with Gasteiger partial charge in [0.2, 0.25) is 0 Å². The Morgan fingerprint density at radius 2 is 1.90 bits per heavy atom. The molecule has 1 rings (SSSR count). The third kappa shape index (κ3) is 5.52. The molecule has 2 atom stereocenters. The fourth-order valence-corrected chi connectivity index (χ4v) is 3.15. The molecule has 2 unspecified atom stereocenters. The van der Waals surface area contributed by atoms with E-state index in [0.717, 1.165) is 30.5 Å². The van der Waals surface area contributed by atoms with Crippen molar-refractivity contribution in [2.75, 3.05) is 33.7 Å². The van der Waals surface area contributed by atoms with E-state index in [0.29, 0.717) is 6.04 Å². The second-order valence-electron chi connectivity index (χ2n) is 5.66. The first-order valence-electron chi connectivity index (χ1n) is 7.34. The van der Waals surface area contributed by atoms with Crippen LogP contribution >= 0.6 is 15.9 Å². The predicted octanol–water partition coefficient (Wildman–Crippen LogP) is 3.11. The third-order valence-corrected chi connectivity index (χ3v) is 4.41. The van der Waals surface area contributed by atoms with E-state index in [1.54, 1.807) is 0 Å². The first-order chi connectivity index (χ1) is 9.45. The second-order valence-corrected chi connectivity index (χ2v) is 6.51. The van der Waals surface area contributed by atoms with Gasteiger partial charge in [0.05, 0.1) is 0 Å². The van der Waals surface area contributed by atoms with Crippen molar-refractivity contribution in [1.82, 2.24) is 9.80 Å². The molecule has 4 heteroatoms. The molecule has 114 valence electrons. The fourth-order valence-electron chi connectivity index (χ4n) is 2.57. The van der Waals surface area contributed by atoms with Crippen LogP contribution in [0.25, 0.3) is 0 Å². The Morgan fingerprint density at radius 3 is 2.45 bits per heavy atom. The van der Waals surface area contributed by atoms with Gasteiger partial charge in [-0.15, -0.1) is 0 Å². The SMILES string of the molecule is CCN(CCC(N)c1ccccc1Br)C(C)CN(C)C. The number of rotatable bonds is 8. The fraction of sp³-hybridized carbons (Fsp3) is 0.625. The minimum atomic E-state index is 0.0891. The van der Waals surface area contributed by atoms with E-state index in [9.17, 15) is 0 Å². The second kappa shape index (κ2) is 8.78. The minimum absolute atomic E-state index is 0.0891. The molecule has 3 nitrogen and oxygen atoms in total. The highest BCUT2D eigenvalue weighted by Gasteiger charge is 2.15. The van der Waals surface area contributed by atoms with E-state index in [-0.39, 0.29) is 6.04 Å². The van der Waals surface area contributed by atoms with Crippen LogP contribution in [0.2, 0.25) is 0 Å². The Kier molecular flexibility index (Phi) is 7.74. The normalized spacial score (nSPS) is 14.8. The molecular weight excluding hydrogens is 314 g/mol. The van der Waals surface area contributed by atoms with Crippen molar-refractivity contribution in [3.8, 4) is 0 Å². The summed E-state index contributed by atoms with van der Waals surface area (Å²) in [5.41, 5.74) is 7.53. The van der Waals surface area contributed by atoms with Crippen LogP contribution < -0.4 is 5.73 Å². The first kappa shape index (κ1) is 17.6. The van der Waals surface area contributed by atoms with E-state index >= 15 is 0 Å². The summed E-state index contributed by atoms with van der Waals surface area (Å²) in [6, 6.07) is 8.88. The lowest BCUT2D eigenvalue weighted by Crippen LogP contribution is -2.41. The van der Waals surface area contributed by atoms with Crippen LogP contribution in [-0.2, 0) is 0 Å². The molecule has 0 aromatic heterocycles. The number of likely N-dealkylation sites (N-methyl/N-ethyl adjacent to an activating group) is 2. The lowest BCUT2D eigenvalue weighted by Gasteiger charge is -2.30. The van der Waals surface area contributed by atoms with Crippen LogP contribution in [-0.4, -0.2) is 49.6 Å². The van der Waals surface area contributed by atoms with Crippen LogP contribution in [0.15, 0.2) is 28.7 Å². The van der Waals surface area contributed by atoms with Crippen LogP contribution in [0.4, 0.5) is 0 Å². The summed E-state index contributed by atoms with van der Waals surface area (Å²) in [5, 5.41) is 0. The summed E-state index contributed by atoms with van der Waals surface area (Å²) in [6.07, 6.45) is 0.980. The third-order valence-electron chi connectivity index (χ3n) is 3.69. The number of halogens is 1. The molecule has 0 fully saturated rings. The van der Waals surface area contributed by atoms with Gasteiger partial charge in [-0.2, -0.15) is 0 Å². The van der Waals surface area contributed by atoms with E-state index < -0.39 is 0 Å². The number of nitrogens with zero attached hydrogens (tertiary/aromatic N) is 2. The molecule has 0 saturated carbocycles. The Bertz CT molecular complexity index is 395. The zero-order valence-corrected chi connectivity index (χ0v) is 14.7. The van der Waals surface area contributed by atoms with Crippen molar-refractivity contribution >= 4 is 15.9 Å². The van der Waals surface area contributed by atoms with Crippen LogP contribution in [0.3, 0.4) is 0 Å². The predicted molar refractivity (Wildman–Crippen MR) is 91.0 cm³/mol. The standard InChI is InChI=1S/C16H28BrN3/c1-5-20(13(2)12-19(3)4)11-10-16(18)14-8-6-7-9-15(14)17/h6-9,13,16H,5,10-12,18H2,1-4H3. The maximum absolute atomic E-state index is 6.33. The minimum Gasteiger partial charge on any atom is -0.324 e. The number of hydrogen-bond acceptors (Lipinski definition) is 3. The maximum atomic E-state index is 6.33. The smallest absolute Gasteiger partial charge is 0.0318 e. The van der Waals surface area contributed by atoms with Gasteiger partial charge in [0.1, 0.15) is 0 Å². The molecule has 0 heterocycles. The molecule has 20 heavy (non-hydrogen) atoms. The van der Waals surface area contributed by atoms with Crippen LogP contribution in [0.5, 0.6) is 0 Å². The molecule has 2 N–H and O–H groups in total. The Hall–Kier alpha value is -0.420. The highest BCUT2D eigenvalue weighted by Crippen LogP contribution is 2.23. The van der Waals surface area contributed by atoms with E-state index in [1.165, 1.54) is 5.56 Å². The number of nitrogens with two attached hydrogens (primary N) is 1. The molecule has 0 bridgehead atoms. The highest BCUT2D eigenvalue weighted by molar-refractivity contribution is 9.10. The van der Waals surface area contributed by atoms with Crippen molar-refractivity contribution < 1.29 is 0 Å². The molecule has 0 radical (unpaired) electrons. The molecular formula is C16H28BrN3. The van der Waals surface area contributed by atoms with Gasteiger partial charge in [-0.05, 0) is 45.6 Å². The van der Waals surface area contributed by atoms with Gasteiger partial charge in [-0.25, -0.2) is 0 Å². The zero-order chi connectivity index (χ0) is 15.1. The molecule has 0 aliphatic rings. The lowest BCUT2D eigenvalue weighted by molar-refractivity contribution is 0.176. The van der Waals surface area contributed by atoms with Gasteiger partial charge in [0, 0.05) is 29.6 Å². The van der Waals surface area contributed by atoms with E-state index in [1.807, 2.05) is 12.1 Å². The van der Waals surface area contributed by atoms with E-state index in [4.69, 9.17) is 5.73 Å². The summed E-state index contributed by atoms with van der Waals surface area (Å²) in [7, 11) is 4.24. The van der Waals surface area contributed by atoms with Crippen LogP contribution in [0, 0.1) is 0 Å². The van der Waals surface area contributed by atoms with Crippen LogP contribution in [0.1, 0.15) is 31.9 Å². The summed E-state index contributed by atoms with van der Waals surface area (Å²) in [6.45, 7) is 7.69. The van der Waals surface area contributed by atoms with Crippen molar-refractivity contribution in [2.24, 2.45) is 5.73 Å². The maximum Gasteiger partial charge on any atom is 0.0318 e. The largest absolute Gasteiger partial charge is 0.324 e. The first-order valence-corrected chi connectivity index (χ1v) is 8.13. The topological polar surface area (TPSA) is 32.5 Å². The summed E-state index contributed by atoms with van der Waals surface area (Å²) in [4.78, 5) is 4.73. The van der Waals surface area contributed by atoms with Gasteiger partial charge < -0.3 is 10.6 Å². The highest BCUT2D eigenvalue weighted by atomic mass is 79.9. The van der Waals surface area contributed by atoms with Crippen molar-refractivity contribution in [3.63, 3.8) is 0 Å². The average Bonchev–Trinajstić information content (AvgIpc) is 2.38. The Balaban J connectivity index is 2.54. The molecule has 0 aliphatic carbocycles.